The molecular weight excluding hydrogens is 271 g/mol. The van der Waals surface area contributed by atoms with E-state index in [-0.39, 0.29) is 0 Å². The van der Waals surface area contributed by atoms with Gasteiger partial charge < -0.3 is 16.0 Å². The summed E-state index contributed by atoms with van der Waals surface area (Å²) in [5.41, 5.74) is 1.49. The zero-order chi connectivity index (χ0) is 15.0. The molecule has 0 saturated carbocycles. The zero-order valence-corrected chi connectivity index (χ0v) is 11.2. The summed E-state index contributed by atoms with van der Waals surface area (Å²) in [6.07, 6.45) is -3.37. The second kappa shape index (κ2) is 7.74. The van der Waals surface area contributed by atoms with Gasteiger partial charge in [0.2, 0.25) is 0 Å². The van der Waals surface area contributed by atoms with Crippen LogP contribution in [-0.2, 0) is 6.54 Å². The van der Waals surface area contributed by atoms with E-state index in [9.17, 15) is 18.0 Å². The molecule has 1 rings (SSSR count). The average Bonchev–Trinajstić information content (AvgIpc) is 2.38. The van der Waals surface area contributed by atoms with Crippen LogP contribution in [0.2, 0.25) is 0 Å². The molecule has 0 aromatic heterocycles. The molecular formula is C13H18F3N3O. The molecule has 0 unspecified atom stereocenters. The van der Waals surface area contributed by atoms with E-state index in [2.05, 4.69) is 17.6 Å². The molecule has 0 radical (unpaired) electrons. The van der Waals surface area contributed by atoms with Gasteiger partial charge in [0.05, 0.1) is 0 Å². The first kappa shape index (κ1) is 16.3. The van der Waals surface area contributed by atoms with Gasteiger partial charge in [-0.05, 0) is 30.7 Å². The molecule has 1 aromatic rings. The average molecular weight is 289 g/mol. The van der Waals surface area contributed by atoms with Crippen LogP contribution in [-0.4, -0.2) is 25.3 Å². The summed E-state index contributed by atoms with van der Waals surface area (Å²) in [6, 6.07) is 6.04. The number of alkyl halides is 3. The Kier molecular flexibility index (Phi) is 6.30. The van der Waals surface area contributed by atoms with Gasteiger partial charge in [-0.2, -0.15) is 13.2 Å². The highest BCUT2D eigenvalue weighted by atomic mass is 19.4. The summed E-state index contributed by atoms with van der Waals surface area (Å²) >= 11 is 0. The van der Waals surface area contributed by atoms with Gasteiger partial charge in [0.25, 0.3) is 0 Å². The van der Waals surface area contributed by atoms with E-state index >= 15 is 0 Å². The number of nitrogens with one attached hydrogen (secondary N) is 3. The third-order valence-corrected chi connectivity index (χ3v) is 2.42. The maximum absolute atomic E-state index is 11.9. The van der Waals surface area contributed by atoms with Crippen LogP contribution in [0.15, 0.2) is 24.3 Å². The van der Waals surface area contributed by atoms with Gasteiger partial charge in [-0.15, -0.1) is 0 Å². The van der Waals surface area contributed by atoms with E-state index in [4.69, 9.17) is 0 Å². The second-order valence-electron chi connectivity index (χ2n) is 4.30. The number of amides is 2. The van der Waals surface area contributed by atoms with E-state index in [1.165, 1.54) is 0 Å². The summed E-state index contributed by atoms with van der Waals surface area (Å²) in [5, 5.41) is 7.30. The molecule has 0 aliphatic carbocycles. The molecule has 0 aliphatic rings. The summed E-state index contributed by atoms with van der Waals surface area (Å²) in [5.74, 6) is 0. The lowest BCUT2D eigenvalue weighted by Crippen LogP contribution is -2.36. The minimum Gasteiger partial charge on any atom is -0.329 e. The Bertz CT molecular complexity index is 418. The van der Waals surface area contributed by atoms with E-state index in [1.807, 2.05) is 12.1 Å². The molecule has 1 aromatic carbocycles. The fraction of sp³-hybridized carbons (Fsp3) is 0.462. The molecule has 4 nitrogen and oxygen atoms in total. The number of hydrogen-bond acceptors (Lipinski definition) is 2. The summed E-state index contributed by atoms with van der Waals surface area (Å²) in [4.78, 5) is 11.2. The van der Waals surface area contributed by atoms with Gasteiger partial charge in [0.1, 0.15) is 6.54 Å². The third kappa shape index (κ3) is 6.98. The van der Waals surface area contributed by atoms with Gasteiger partial charge in [0.15, 0.2) is 0 Å². The van der Waals surface area contributed by atoms with Crippen molar-refractivity contribution < 1.29 is 18.0 Å². The molecule has 0 bridgehead atoms. The van der Waals surface area contributed by atoms with Crippen molar-refractivity contribution in [3.63, 3.8) is 0 Å². The molecule has 0 saturated heterocycles. The molecule has 112 valence electrons. The Morgan fingerprint density at radius 3 is 2.40 bits per heavy atom. The number of halogens is 3. The predicted octanol–water partition coefficient (Wildman–Crippen LogP) is 2.87. The summed E-state index contributed by atoms with van der Waals surface area (Å²) < 4.78 is 35.7. The smallest absolute Gasteiger partial charge is 0.329 e. The highest BCUT2D eigenvalue weighted by molar-refractivity contribution is 5.89. The van der Waals surface area contributed by atoms with Gasteiger partial charge in [-0.3, -0.25) is 0 Å². The number of benzene rings is 1. The maximum atomic E-state index is 11.9. The number of rotatable bonds is 6. The topological polar surface area (TPSA) is 53.2 Å². The van der Waals surface area contributed by atoms with Gasteiger partial charge in [-0.25, -0.2) is 4.79 Å². The van der Waals surface area contributed by atoms with Crippen LogP contribution >= 0.6 is 0 Å². The Morgan fingerprint density at radius 1 is 1.20 bits per heavy atom. The summed E-state index contributed by atoms with van der Waals surface area (Å²) in [7, 11) is 0. The molecule has 7 heteroatoms. The number of urea groups is 1. The molecule has 0 aliphatic heterocycles. The summed E-state index contributed by atoms with van der Waals surface area (Å²) in [6.45, 7) is 2.35. The highest BCUT2D eigenvalue weighted by Crippen LogP contribution is 2.13. The van der Waals surface area contributed by atoms with Crippen molar-refractivity contribution in [3.8, 4) is 0 Å². The number of carbonyl (C=O) groups excluding carboxylic acids is 1. The van der Waals surface area contributed by atoms with Crippen LogP contribution in [0.4, 0.5) is 23.7 Å². The Balaban J connectivity index is 2.39. The van der Waals surface area contributed by atoms with E-state index in [0.717, 1.165) is 18.5 Å². The minimum atomic E-state index is -4.41. The van der Waals surface area contributed by atoms with Crippen molar-refractivity contribution in [1.82, 2.24) is 10.6 Å². The Morgan fingerprint density at radius 2 is 1.85 bits per heavy atom. The van der Waals surface area contributed by atoms with Crippen LogP contribution < -0.4 is 16.0 Å². The van der Waals surface area contributed by atoms with Crippen LogP contribution in [0.1, 0.15) is 18.9 Å². The molecule has 20 heavy (non-hydrogen) atoms. The number of hydrogen-bond donors (Lipinski definition) is 3. The molecule has 2 amide bonds. The van der Waals surface area contributed by atoms with Crippen molar-refractivity contribution in [1.29, 1.82) is 0 Å². The monoisotopic (exact) mass is 289 g/mol. The lowest BCUT2D eigenvalue weighted by Gasteiger charge is -2.10. The van der Waals surface area contributed by atoms with Gasteiger partial charge >= 0.3 is 12.2 Å². The van der Waals surface area contributed by atoms with Gasteiger partial charge in [-0.1, -0.05) is 19.1 Å². The first-order valence-corrected chi connectivity index (χ1v) is 6.32. The first-order chi connectivity index (χ1) is 9.40. The van der Waals surface area contributed by atoms with Crippen molar-refractivity contribution >= 4 is 11.7 Å². The molecule has 0 fully saturated rings. The highest BCUT2D eigenvalue weighted by Gasteiger charge is 2.27. The van der Waals surface area contributed by atoms with Crippen LogP contribution in [0.25, 0.3) is 0 Å². The van der Waals surface area contributed by atoms with E-state index in [1.54, 1.807) is 17.4 Å². The normalized spacial score (nSPS) is 11.2. The third-order valence-electron chi connectivity index (χ3n) is 2.42. The molecule has 3 N–H and O–H groups in total. The Labute approximate surface area is 115 Å². The molecule has 0 heterocycles. The van der Waals surface area contributed by atoms with E-state index < -0.39 is 18.8 Å². The lowest BCUT2D eigenvalue weighted by atomic mass is 10.2. The largest absolute Gasteiger partial charge is 0.405 e. The Hall–Kier alpha value is -1.76. The fourth-order valence-electron chi connectivity index (χ4n) is 1.47. The number of carbonyl (C=O) groups is 1. The molecule has 0 spiro atoms. The number of anilines is 1. The minimum absolute atomic E-state index is 0.448. The van der Waals surface area contributed by atoms with Gasteiger partial charge in [0, 0.05) is 12.2 Å². The van der Waals surface area contributed by atoms with Crippen molar-refractivity contribution in [2.75, 3.05) is 18.4 Å². The van der Waals surface area contributed by atoms with Crippen molar-refractivity contribution in [2.24, 2.45) is 0 Å². The zero-order valence-electron chi connectivity index (χ0n) is 11.2. The van der Waals surface area contributed by atoms with Crippen molar-refractivity contribution in [3.05, 3.63) is 29.8 Å². The standard InChI is InChI=1S/C13H18F3N3O/c1-2-7-17-8-10-3-5-11(6-4-10)19-12(20)18-9-13(14,15)16/h3-6,17H,2,7-9H2,1H3,(H2,18,19,20). The molecule has 0 atom stereocenters. The maximum Gasteiger partial charge on any atom is 0.405 e. The predicted molar refractivity (Wildman–Crippen MR) is 71.5 cm³/mol. The lowest BCUT2D eigenvalue weighted by molar-refractivity contribution is -0.122. The second-order valence-corrected chi connectivity index (χ2v) is 4.30. The first-order valence-electron chi connectivity index (χ1n) is 6.32. The van der Waals surface area contributed by atoms with Crippen LogP contribution in [0.3, 0.4) is 0 Å². The quantitative estimate of drug-likeness (QED) is 0.705. The van der Waals surface area contributed by atoms with Crippen LogP contribution in [0, 0.1) is 0 Å². The van der Waals surface area contributed by atoms with Crippen molar-refractivity contribution in [2.45, 2.75) is 26.1 Å². The van der Waals surface area contributed by atoms with E-state index in [0.29, 0.717) is 12.2 Å². The van der Waals surface area contributed by atoms with Crippen LogP contribution in [0.5, 0.6) is 0 Å². The fourth-order valence-corrected chi connectivity index (χ4v) is 1.47. The SMILES string of the molecule is CCCNCc1ccc(NC(=O)NCC(F)(F)F)cc1.